The summed E-state index contributed by atoms with van der Waals surface area (Å²) < 4.78 is 5.98. The number of benzene rings is 3. The first kappa shape index (κ1) is 21.1. The average Bonchev–Trinajstić information content (AvgIpc) is 2.78. The zero-order chi connectivity index (χ0) is 21.8. The number of nitrogens with one attached hydrogen (secondary N) is 2. The van der Waals surface area contributed by atoms with Crippen molar-refractivity contribution in [2.75, 3.05) is 0 Å². The molecule has 1 atom stereocenters. The van der Waals surface area contributed by atoms with Crippen LogP contribution in [0.2, 0.25) is 5.02 Å². The smallest absolute Gasteiger partial charge is 0.193 e. The standard InChI is InChI=1S/C25H21ClN2O2S/c1-16-22(24(29)18-6-3-2-4-7-18)23(28-25(31)27-16)19-8-5-9-21(14-19)30-15-17-10-12-20(26)13-11-17/h2-14,23H,15H2,1H3,(H2,27,28,31). The van der Waals surface area contributed by atoms with Crippen LogP contribution in [0.3, 0.4) is 0 Å². The maximum Gasteiger partial charge on any atom is 0.193 e. The highest BCUT2D eigenvalue weighted by Crippen LogP contribution is 2.31. The monoisotopic (exact) mass is 448 g/mol. The Balaban J connectivity index is 1.61. The third-order valence-corrected chi connectivity index (χ3v) is 5.53. The fraction of sp³-hybridized carbons (Fsp3) is 0.120. The molecule has 4 rings (SSSR count). The number of ether oxygens (including phenoxy) is 1. The average molecular weight is 449 g/mol. The summed E-state index contributed by atoms with van der Waals surface area (Å²) in [6.45, 7) is 2.29. The molecule has 156 valence electrons. The van der Waals surface area contributed by atoms with Crippen LogP contribution < -0.4 is 15.4 Å². The van der Waals surface area contributed by atoms with Crippen molar-refractivity contribution in [1.82, 2.24) is 10.6 Å². The van der Waals surface area contributed by atoms with Crippen LogP contribution in [-0.4, -0.2) is 10.9 Å². The van der Waals surface area contributed by atoms with Crippen molar-refractivity contribution < 1.29 is 9.53 Å². The predicted octanol–water partition coefficient (Wildman–Crippen LogP) is 5.59. The van der Waals surface area contributed by atoms with Gasteiger partial charge in [0, 0.05) is 21.9 Å². The first-order valence-corrected chi connectivity index (χ1v) is 10.6. The van der Waals surface area contributed by atoms with Gasteiger partial charge >= 0.3 is 0 Å². The molecular weight excluding hydrogens is 428 g/mol. The van der Waals surface area contributed by atoms with E-state index in [2.05, 4.69) is 10.6 Å². The molecule has 0 saturated carbocycles. The minimum Gasteiger partial charge on any atom is -0.489 e. The number of carbonyl (C=O) groups excluding carboxylic acids is 1. The van der Waals surface area contributed by atoms with Crippen molar-refractivity contribution in [3.63, 3.8) is 0 Å². The summed E-state index contributed by atoms with van der Waals surface area (Å²) in [7, 11) is 0. The fourth-order valence-corrected chi connectivity index (χ4v) is 3.92. The van der Waals surface area contributed by atoms with E-state index in [1.54, 1.807) is 0 Å². The molecule has 0 aliphatic carbocycles. The van der Waals surface area contributed by atoms with Gasteiger partial charge in [0.25, 0.3) is 0 Å². The van der Waals surface area contributed by atoms with Crippen molar-refractivity contribution in [1.29, 1.82) is 0 Å². The minimum atomic E-state index is -0.375. The van der Waals surface area contributed by atoms with E-state index in [4.69, 9.17) is 28.6 Å². The molecular formula is C25H21ClN2O2S. The van der Waals surface area contributed by atoms with Crippen LogP contribution in [0, 0.1) is 0 Å². The lowest BCUT2D eigenvalue weighted by atomic mass is 9.89. The highest BCUT2D eigenvalue weighted by atomic mass is 35.5. The second-order valence-corrected chi connectivity index (χ2v) is 8.10. The van der Waals surface area contributed by atoms with Crippen molar-refractivity contribution in [2.45, 2.75) is 19.6 Å². The molecule has 3 aromatic carbocycles. The zero-order valence-electron chi connectivity index (χ0n) is 16.9. The van der Waals surface area contributed by atoms with Gasteiger partial charge in [-0.25, -0.2) is 0 Å². The Labute approximate surface area is 191 Å². The summed E-state index contributed by atoms with van der Waals surface area (Å²) in [4.78, 5) is 13.3. The molecule has 2 N–H and O–H groups in total. The van der Waals surface area contributed by atoms with Gasteiger partial charge in [-0.05, 0) is 54.5 Å². The number of thiocarbonyl (C=S) groups is 1. The second-order valence-electron chi connectivity index (χ2n) is 7.25. The molecule has 3 aromatic rings. The molecule has 31 heavy (non-hydrogen) atoms. The third kappa shape index (κ3) is 4.95. The van der Waals surface area contributed by atoms with Gasteiger partial charge in [-0.3, -0.25) is 4.79 Å². The highest BCUT2D eigenvalue weighted by Gasteiger charge is 2.30. The molecule has 1 unspecified atom stereocenters. The molecule has 0 saturated heterocycles. The number of Topliss-reactive ketones (excluding diaryl/α,β-unsaturated/α-hetero) is 1. The van der Waals surface area contributed by atoms with Crippen molar-refractivity contribution >= 4 is 34.7 Å². The molecule has 0 aromatic heterocycles. The van der Waals surface area contributed by atoms with Crippen LogP contribution in [0.4, 0.5) is 0 Å². The summed E-state index contributed by atoms with van der Waals surface area (Å²) in [6.07, 6.45) is 0. The molecule has 0 bridgehead atoms. The number of ketones is 1. The topological polar surface area (TPSA) is 50.4 Å². The Morgan fingerprint density at radius 3 is 2.52 bits per heavy atom. The van der Waals surface area contributed by atoms with E-state index in [1.165, 1.54) is 0 Å². The first-order valence-electron chi connectivity index (χ1n) is 9.86. The van der Waals surface area contributed by atoms with Crippen molar-refractivity contribution in [2.24, 2.45) is 0 Å². The van der Waals surface area contributed by atoms with Crippen LogP contribution in [0.5, 0.6) is 5.75 Å². The Hall–Kier alpha value is -3.15. The maximum atomic E-state index is 13.3. The van der Waals surface area contributed by atoms with Gasteiger partial charge in [0.15, 0.2) is 10.9 Å². The van der Waals surface area contributed by atoms with E-state index in [-0.39, 0.29) is 11.8 Å². The molecule has 0 spiro atoms. The summed E-state index contributed by atoms with van der Waals surface area (Å²) in [6, 6.07) is 24.1. The molecule has 6 heteroatoms. The SMILES string of the molecule is CC1=C(C(=O)c2ccccc2)C(c2cccc(OCc3ccc(Cl)cc3)c2)NC(=S)N1. The van der Waals surface area contributed by atoms with Crippen LogP contribution >= 0.6 is 23.8 Å². The number of hydrogen-bond donors (Lipinski definition) is 2. The lowest BCUT2D eigenvalue weighted by Gasteiger charge is -2.30. The molecule has 1 aliphatic rings. The number of carbonyl (C=O) groups is 1. The maximum absolute atomic E-state index is 13.3. The van der Waals surface area contributed by atoms with E-state index in [1.807, 2.05) is 85.8 Å². The van der Waals surface area contributed by atoms with Crippen LogP contribution in [-0.2, 0) is 6.61 Å². The van der Waals surface area contributed by atoms with Crippen LogP contribution in [0.1, 0.15) is 34.5 Å². The van der Waals surface area contributed by atoms with Gasteiger partial charge in [-0.1, -0.05) is 66.2 Å². The van der Waals surface area contributed by atoms with Gasteiger partial charge in [0.2, 0.25) is 0 Å². The second kappa shape index (κ2) is 9.33. The predicted molar refractivity (Wildman–Crippen MR) is 127 cm³/mol. The zero-order valence-corrected chi connectivity index (χ0v) is 18.5. The van der Waals surface area contributed by atoms with Gasteiger partial charge < -0.3 is 15.4 Å². The summed E-state index contributed by atoms with van der Waals surface area (Å²) in [5.74, 6) is 0.668. The lowest BCUT2D eigenvalue weighted by Crippen LogP contribution is -2.44. The van der Waals surface area contributed by atoms with E-state index >= 15 is 0 Å². The first-order chi connectivity index (χ1) is 15.0. The summed E-state index contributed by atoms with van der Waals surface area (Å²) in [5.41, 5.74) is 3.93. The molecule has 0 fully saturated rings. The van der Waals surface area contributed by atoms with Gasteiger partial charge in [0.05, 0.1) is 6.04 Å². The molecule has 4 nitrogen and oxygen atoms in total. The third-order valence-electron chi connectivity index (χ3n) is 5.06. The van der Waals surface area contributed by atoms with E-state index in [0.717, 1.165) is 16.8 Å². The fourth-order valence-electron chi connectivity index (χ4n) is 3.52. The van der Waals surface area contributed by atoms with E-state index in [0.29, 0.717) is 33.6 Å². The quantitative estimate of drug-likeness (QED) is 0.380. The lowest BCUT2D eigenvalue weighted by molar-refractivity contribution is 0.102. The van der Waals surface area contributed by atoms with Crippen molar-refractivity contribution in [3.05, 3.63) is 112 Å². The number of rotatable bonds is 6. The largest absolute Gasteiger partial charge is 0.489 e. The van der Waals surface area contributed by atoms with Crippen LogP contribution in [0.25, 0.3) is 0 Å². The van der Waals surface area contributed by atoms with E-state index in [9.17, 15) is 4.79 Å². The Morgan fingerprint density at radius 1 is 1.03 bits per heavy atom. The van der Waals surface area contributed by atoms with E-state index < -0.39 is 0 Å². The minimum absolute atomic E-state index is 0.0434. The van der Waals surface area contributed by atoms with Crippen LogP contribution in [0.15, 0.2) is 90.1 Å². The number of hydrogen-bond acceptors (Lipinski definition) is 3. The van der Waals surface area contributed by atoms with Crippen molar-refractivity contribution in [3.8, 4) is 5.75 Å². The molecule has 0 amide bonds. The molecule has 0 radical (unpaired) electrons. The Kier molecular flexibility index (Phi) is 6.35. The Bertz CT molecular complexity index is 1140. The van der Waals surface area contributed by atoms with Gasteiger partial charge in [0.1, 0.15) is 12.4 Å². The molecule has 1 heterocycles. The normalized spacial score (nSPS) is 15.8. The highest BCUT2D eigenvalue weighted by molar-refractivity contribution is 7.80. The molecule has 1 aliphatic heterocycles. The Morgan fingerprint density at radius 2 is 1.77 bits per heavy atom. The summed E-state index contributed by atoms with van der Waals surface area (Å²) in [5, 5.41) is 7.50. The van der Waals surface area contributed by atoms with Gasteiger partial charge in [-0.2, -0.15) is 0 Å². The number of allylic oxidation sites excluding steroid dienone is 1. The number of halogens is 1. The van der Waals surface area contributed by atoms with Gasteiger partial charge in [-0.15, -0.1) is 0 Å². The summed E-state index contributed by atoms with van der Waals surface area (Å²) >= 11 is 11.3.